The number of carbonyl (C=O) groups is 1. The second kappa shape index (κ2) is 9.52. The van der Waals surface area contributed by atoms with E-state index in [4.69, 9.17) is 0 Å². The summed E-state index contributed by atoms with van der Waals surface area (Å²) in [7, 11) is -2.14. The van der Waals surface area contributed by atoms with Crippen molar-refractivity contribution >= 4 is 34.0 Å². The minimum Gasteiger partial charge on any atom is -0.325 e. The molecule has 0 atom stereocenters. The molecule has 1 aromatic carbocycles. The monoisotopic (exact) mass is 387 g/mol. The van der Waals surface area contributed by atoms with Crippen LogP contribution in [-0.2, 0) is 28.4 Å². The van der Waals surface area contributed by atoms with Crippen LogP contribution in [0.25, 0.3) is 0 Å². The fraction of sp³-hybridized carbons (Fsp3) is 0.333. The number of hydrogen-bond donors (Lipinski definition) is 3. The van der Waals surface area contributed by atoms with Crippen LogP contribution in [0, 0.1) is 0 Å². The maximum absolute atomic E-state index is 12.1. The highest BCUT2D eigenvalue weighted by molar-refractivity contribution is 7.89. The van der Waals surface area contributed by atoms with Gasteiger partial charge in [0.1, 0.15) is 4.90 Å². The Hall–Kier alpha value is -1.94. The first-order valence-electron chi connectivity index (χ1n) is 7.49. The van der Waals surface area contributed by atoms with Crippen molar-refractivity contribution in [2.45, 2.75) is 18.4 Å². The van der Waals surface area contributed by atoms with Crippen molar-refractivity contribution in [2.24, 2.45) is 7.05 Å². The number of anilines is 1. The van der Waals surface area contributed by atoms with Gasteiger partial charge in [-0.1, -0.05) is 25.1 Å². The molecule has 0 bridgehead atoms. The standard InChI is InChI=1S/C15H21N5O3S.ClH/c1-3-16-8-12-6-4-5-7-14(12)19-15(21)10-18-24(22,23)13-9-17-20(2)11-13;/h4-7,9,11,16,18H,3,8,10H2,1-2H3,(H,19,21);1H. The van der Waals surface area contributed by atoms with Crippen LogP contribution in [0.15, 0.2) is 41.6 Å². The third-order valence-electron chi connectivity index (χ3n) is 3.27. The smallest absolute Gasteiger partial charge is 0.244 e. The number of benzene rings is 1. The lowest BCUT2D eigenvalue weighted by Gasteiger charge is -2.11. The fourth-order valence-electron chi connectivity index (χ4n) is 2.03. The summed E-state index contributed by atoms with van der Waals surface area (Å²) in [5.74, 6) is -0.439. The molecule has 0 radical (unpaired) electrons. The number of aromatic nitrogens is 2. The lowest BCUT2D eigenvalue weighted by atomic mass is 10.1. The molecule has 3 N–H and O–H groups in total. The van der Waals surface area contributed by atoms with Gasteiger partial charge in [-0.15, -0.1) is 12.4 Å². The predicted octanol–water partition coefficient (Wildman–Crippen LogP) is 0.868. The van der Waals surface area contributed by atoms with Gasteiger partial charge in [-0.05, 0) is 18.2 Å². The molecule has 0 fully saturated rings. The average Bonchev–Trinajstić information content (AvgIpc) is 3.00. The van der Waals surface area contributed by atoms with Gasteiger partial charge < -0.3 is 10.6 Å². The number of halogens is 1. The largest absolute Gasteiger partial charge is 0.325 e. The summed E-state index contributed by atoms with van der Waals surface area (Å²) in [5.41, 5.74) is 1.59. The lowest BCUT2D eigenvalue weighted by molar-refractivity contribution is -0.115. The Morgan fingerprint density at radius 2 is 2.00 bits per heavy atom. The van der Waals surface area contributed by atoms with E-state index in [2.05, 4.69) is 20.5 Å². The van der Waals surface area contributed by atoms with Gasteiger partial charge in [0.2, 0.25) is 15.9 Å². The molecular formula is C15H22ClN5O3S. The Labute approximate surface area is 153 Å². The van der Waals surface area contributed by atoms with Crippen molar-refractivity contribution in [3.05, 3.63) is 42.2 Å². The zero-order chi connectivity index (χ0) is 17.6. The van der Waals surface area contributed by atoms with Crippen molar-refractivity contribution < 1.29 is 13.2 Å². The van der Waals surface area contributed by atoms with E-state index in [0.29, 0.717) is 12.2 Å². The van der Waals surface area contributed by atoms with Crippen molar-refractivity contribution in [3.8, 4) is 0 Å². The number of rotatable bonds is 8. The molecule has 1 aromatic heterocycles. The maximum Gasteiger partial charge on any atom is 0.244 e. The number of carbonyl (C=O) groups excluding carboxylic acids is 1. The van der Waals surface area contributed by atoms with Crippen molar-refractivity contribution in [1.82, 2.24) is 19.8 Å². The molecule has 2 aromatic rings. The Morgan fingerprint density at radius 3 is 2.64 bits per heavy atom. The molecule has 0 spiro atoms. The van der Waals surface area contributed by atoms with E-state index < -0.39 is 15.9 Å². The van der Waals surface area contributed by atoms with Crippen LogP contribution in [0.5, 0.6) is 0 Å². The van der Waals surface area contributed by atoms with Crippen molar-refractivity contribution in [1.29, 1.82) is 0 Å². The molecule has 0 aliphatic carbocycles. The zero-order valence-electron chi connectivity index (χ0n) is 14.0. The normalized spacial score (nSPS) is 11.0. The summed E-state index contributed by atoms with van der Waals surface area (Å²) in [5, 5.41) is 9.72. The summed E-state index contributed by atoms with van der Waals surface area (Å²) < 4.78 is 27.8. The highest BCUT2D eigenvalue weighted by atomic mass is 35.5. The molecule has 25 heavy (non-hydrogen) atoms. The van der Waals surface area contributed by atoms with Crippen LogP contribution in [0.4, 0.5) is 5.69 Å². The maximum atomic E-state index is 12.1. The van der Waals surface area contributed by atoms with Crippen molar-refractivity contribution in [2.75, 3.05) is 18.4 Å². The Bertz CT molecular complexity index is 807. The van der Waals surface area contributed by atoms with Gasteiger partial charge >= 0.3 is 0 Å². The number of nitrogens with zero attached hydrogens (tertiary/aromatic N) is 2. The van der Waals surface area contributed by atoms with E-state index in [9.17, 15) is 13.2 Å². The molecule has 0 aliphatic rings. The summed E-state index contributed by atoms with van der Waals surface area (Å²) in [6.45, 7) is 3.07. The van der Waals surface area contributed by atoms with Crippen molar-refractivity contribution in [3.63, 3.8) is 0 Å². The van der Waals surface area contributed by atoms with E-state index in [1.165, 1.54) is 17.1 Å². The summed E-state index contributed by atoms with van der Waals surface area (Å²) in [6, 6.07) is 7.37. The molecule has 1 heterocycles. The van der Waals surface area contributed by atoms with Gasteiger partial charge in [-0.25, -0.2) is 13.1 Å². The van der Waals surface area contributed by atoms with Crippen LogP contribution in [-0.4, -0.2) is 37.2 Å². The molecule has 0 aliphatic heterocycles. The molecule has 0 unspecified atom stereocenters. The number of amides is 1. The average molecular weight is 388 g/mol. The molecule has 8 nitrogen and oxygen atoms in total. The highest BCUT2D eigenvalue weighted by Crippen LogP contribution is 2.14. The molecule has 0 saturated carbocycles. The number of nitrogens with one attached hydrogen (secondary N) is 3. The number of sulfonamides is 1. The highest BCUT2D eigenvalue weighted by Gasteiger charge is 2.17. The second-order valence-corrected chi connectivity index (χ2v) is 6.93. The summed E-state index contributed by atoms with van der Waals surface area (Å²) >= 11 is 0. The minimum atomic E-state index is -3.76. The first-order valence-corrected chi connectivity index (χ1v) is 8.97. The Morgan fingerprint density at radius 1 is 1.28 bits per heavy atom. The third-order valence-corrected chi connectivity index (χ3v) is 4.63. The second-order valence-electron chi connectivity index (χ2n) is 5.16. The zero-order valence-corrected chi connectivity index (χ0v) is 15.7. The first kappa shape index (κ1) is 21.1. The SMILES string of the molecule is CCNCc1ccccc1NC(=O)CNS(=O)(=O)c1cnn(C)c1.Cl. The summed E-state index contributed by atoms with van der Waals surface area (Å²) in [6.07, 6.45) is 2.60. The van der Waals surface area contributed by atoms with Gasteiger partial charge in [-0.2, -0.15) is 5.10 Å². The Balaban J connectivity index is 0.00000312. The summed E-state index contributed by atoms with van der Waals surface area (Å²) in [4.78, 5) is 12.1. The fourth-order valence-corrected chi connectivity index (χ4v) is 3.00. The lowest BCUT2D eigenvalue weighted by Crippen LogP contribution is -2.33. The molecule has 1 amide bonds. The predicted molar refractivity (Wildman–Crippen MR) is 98.1 cm³/mol. The van der Waals surface area contributed by atoms with E-state index in [1.54, 1.807) is 13.1 Å². The van der Waals surface area contributed by atoms with E-state index in [1.807, 2.05) is 25.1 Å². The number of para-hydroxylation sites is 1. The third kappa shape index (κ3) is 6.13. The van der Waals surface area contributed by atoms with E-state index in [0.717, 1.165) is 12.1 Å². The van der Waals surface area contributed by atoms with Gasteiger partial charge in [0.25, 0.3) is 0 Å². The molecule has 138 valence electrons. The van der Waals surface area contributed by atoms with E-state index >= 15 is 0 Å². The van der Waals surface area contributed by atoms with Gasteiger partial charge in [0.15, 0.2) is 0 Å². The van der Waals surface area contributed by atoms with Gasteiger partial charge in [0, 0.05) is 25.5 Å². The van der Waals surface area contributed by atoms with Crippen LogP contribution < -0.4 is 15.4 Å². The van der Waals surface area contributed by atoms with Crippen LogP contribution >= 0.6 is 12.4 Å². The number of hydrogen-bond acceptors (Lipinski definition) is 5. The quantitative estimate of drug-likeness (QED) is 0.623. The van der Waals surface area contributed by atoms with Gasteiger partial charge in [-0.3, -0.25) is 9.48 Å². The van der Waals surface area contributed by atoms with E-state index in [-0.39, 0.29) is 23.8 Å². The molecule has 10 heteroatoms. The topological polar surface area (TPSA) is 105 Å². The number of aryl methyl sites for hydroxylation is 1. The minimum absolute atomic E-state index is 0. The molecule has 2 rings (SSSR count). The van der Waals surface area contributed by atoms with Crippen LogP contribution in [0.2, 0.25) is 0 Å². The molecule has 0 saturated heterocycles. The van der Waals surface area contributed by atoms with Crippen LogP contribution in [0.1, 0.15) is 12.5 Å². The van der Waals surface area contributed by atoms with Gasteiger partial charge in [0.05, 0.1) is 12.7 Å². The Kier molecular flexibility index (Phi) is 8.04. The molecular weight excluding hydrogens is 366 g/mol. The van der Waals surface area contributed by atoms with Crippen LogP contribution in [0.3, 0.4) is 0 Å². The first-order chi connectivity index (χ1) is 11.4.